The average Bonchev–Trinajstić information content (AvgIpc) is 2.40. The van der Waals surface area contributed by atoms with Crippen molar-refractivity contribution in [3.8, 4) is 0 Å². The minimum atomic E-state index is -0.863. The van der Waals surface area contributed by atoms with Crippen LogP contribution in [0.25, 0.3) is 0 Å². The number of amides is 2. The number of carboxylic acids is 1. The fourth-order valence-electron chi connectivity index (χ4n) is 2.42. The average molecular weight is 294 g/mol. The van der Waals surface area contributed by atoms with Gasteiger partial charge in [0.1, 0.15) is 5.82 Å². The number of benzene rings is 1. The normalized spacial score (nSPS) is 20.4. The monoisotopic (exact) mass is 294 g/mol. The first-order valence-electron chi connectivity index (χ1n) is 7.06. The fourth-order valence-corrected chi connectivity index (χ4v) is 2.42. The van der Waals surface area contributed by atoms with Gasteiger partial charge in [-0.3, -0.25) is 4.79 Å². The number of carboxylic acid groups (broad SMARTS) is 1. The number of nitrogens with one attached hydrogen (secondary N) is 2. The van der Waals surface area contributed by atoms with Gasteiger partial charge in [-0.15, -0.1) is 0 Å². The number of urea groups is 1. The number of carbonyl (C=O) groups excluding carboxylic acids is 1. The molecule has 1 aliphatic rings. The third-order valence-corrected chi connectivity index (χ3v) is 3.67. The minimum absolute atomic E-state index is 0.0519. The Morgan fingerprint density at radius 1 is 1.24 bits per heavy atom. The molecular weight excluding hydrogens is 275 g/mol. The molecule has 114 valence electrons. The number of halogens is 1. The van der Waals surface area contributed by atoms with Crippen molar-refractivity contribution in [1.29, 1.82) is 0 Å². The van der Waals surface area contributed by atoms with Crippen LogP contribution >= 0.6 is 0 Å². The van der Waals surface area contributed by atoms with Gasteiger partial charge >= 0.3 is 12.0 Å². The zero-order valence-electron chi connectivity index (χ0n) is 11.6. The van der Waals surface area contributed by atoms with Crippen molar-refractivity contribution in [3.63, 3.8) is 0 Å². The summed E-state index contributed by atoms with van der Waals surface area (Å²) in [6, 6.07) is 6.32. The third kappa shape index (κ3) is 4.73. The van der Waals surface area contributed by atoms with Crippen molar-refractivity contribution in [3.05, 3.63) is 35.6 Å². The SMILES string of the molecule is O=C(O)CCCNC(=O)NC1CC(c2ccc(F)cc2)C1. The maximum absolute atomic E-state index is 12.8. The molecule has 0 atom stereocenters. The van der Waals surface area contributed by atoms with Gasteiger partial charge in [-0.2, -0.15) is 0 Å². The topological polar surface area (TPSA) is 78.4 Å². The van der Waals surface area contributed by atoms with E-state index in [0.29, 0.717) is 18.9 Å². The predicted molar refractivity (Wildman–Crippen MR) is 75.6 cm³/mol. The molecule has 2 amide bonds. The Bertz CT molecular complexity index is 498. The van der Waals surface area contributed by atoms with Crippen LogP contribution in [-0.4, -0.2) is 29.7 Å². The van der Waals surface area contributed by atoms with Gasteiger partial charge in [0.2, 0.25) is 0 Å². The van der Waals surface area contributed by atoms with Crippen molar-refractivity contribution in [2.75, 3.05) is 6.54 Å². The van der Waals surface area contributed by atoms with Crippen molar-refractivity contribution in [2.24, 2.45) is 0 Å². The van der Waals surface area contributed by atoms with Crippen LogP contribution in [0.1, 0.15) is 37.2 Å². The highest BCUT2D eigenvalue weighted by Crippen LogP contribution is 2.36. The summed E-state index contributed by atoms with van der Waals surface area (Å²) < 4.78 is 12.8. The molecule has 1 aromatic rings. The largest absolute Gasteiger partial charge is 0.481 e. The summed E-state index contributed by atoms with van der Waals surface area (Å²) in [6.45, 7) is 0.353. The fraction of sp³-hybridized carbons (Fsp3) is 0.467. The number of hydrogen-bond donors (Lipinski definition) is 3. The number of aliphatic carboxylic acids is 1. The van der Waals surface area contributed by atoms with Gasteiger partial charge < -0.3 is 15.7 Å². The Balaban J connectivity index is 1.62. The van der Waals surface area contributed by atoms with E-state index in [4.69, 9.17) is 5.11 Å². The molecule has 0 unspecified atom stereocenters. The first kappa shape index (κ1) is 15.3. The van der Waals surface area contributed by atoms with Crippen molar-refractivity contribution in [1.82, 2.24) is 10.6 Å². The molecule has 0 saturated heterocycles. The quantitative estimate of drug-likeness (QED) is 0.704. The van der Waals surface area contributed by atoms with E-state index in [-0.39, 0.29) is 24.3 Å². The van der Waals surface area contributed by atoms with E-state index in [1.165, 1.54) is 12.1 Å². The van der Waals surface area contributed by atoms with Gasteiger partial charge in [0.25, 0.3) is 0 Å². The van der Waals surface area contributed by atoms with Crippen LogP contribution in [0.4, 0.5) is 9.18 Å². The molecule has 0 heterocycles. The van der Waals surface area contributed by atoms with Crippen LogP contribution in [-0.2, 0) is 4.79 Å². The molecule has 0 bridgehead atoms. The second kappa shape index (κ2) is 7.06. The van der Waals surface area contributed by atoms with E-state index in [0.717, 1.165) is 18.4 Å². The van der Waals surface area contributed by atoms with E-state index in [9.17, 15) is 14.0 Å². The summed E-state index contributed by atoms with van der Waals surface area (Å²) >= 11 is 0. The highest BCUT2D eigenvalue weighted by molar-refractivity contribution is 5.74. The molecule has 1 aliphatic carbocycles. The molecular formula is C15H19FN2O3. The van der Waals surface area contributed by atoms with Crippen LogP contribution < -0.4 is 10.6 Å². The maximum atomic E-state index is 12.8. The molecule has 1 saturated carbocycles. The molecule has 0 aliphatic heterocycles. The van der Waals surface area contributed by atoms with Gasteiger partial charge in [-0.1, -0.05) is 12.1 Å². The summed E-state index contributed by atoms with van der Waals surface area (Å²) in [5.41, 5.74) is 1.09. The molecule has 1 fully saturated rings. The van der Waals surface area contributed by atoms with Crippen LogP contribution in [0.5, 0.6) is 0 Å². The molecule has 1 aromatic carbocycles. The lowest BCUT2D eigenvalue weighted by Crippen LogP contribution is -2.47. The first-order chi connectivity index (χ1) is 10.0. The van der Waals surface area contributed by atoms with Crippen molar-refractivity contribution < 1.29 is 19.1 Å². The Morgan fingerprint density at radius 2 is 1.90 bits per heavy atom. The van der Waals surface area contributed by atoms with Crippen LogP contribution in [0, 0.1) is 5.82 Å². The van der Waals surface area contributed by atoms with E-state index in [1.807, 2.05) is 0 Å². The lowest BCUT2D eigenvalue weighted by Gasteiger charge is -2.36. The minimum Gasteiger partial charge on any atom is -0.481 e. The summed E-state index contributed by atoms with van der Waals surface area (Å²) in [4.78, 5) is 21.9. The smallest absolute Gasteiger partial charge is 0.315 e. The van der Waals surface area contributed by atoms with Crippen LogP contribution in [0.3, 0.4) is 0 Å². The molecule has 0 radical (unpaired) electrons. The summed E-state index contributed by atoms with van der Waals surface area (Å²) in [5, 5.41) is 14.0. The van der Waals surface area contributed by atoms with E-state index in [2.05, 4.69) is 10.6 Å². The lowest BCUT2D eigenvalue weighted by molar-refractivity contribution is -0.137. The van der Waals surface area contributed by atoms with Crippen LogP contribution in [0.15, 0.2) is 24.3 Å². The molecule has 5 nitrogen and oxygen atoms in total. The second-order valence-electron chi connectivity index (χ2n) is 5.31. The molecule has 3 N–H and O–H groups in total. The van der Waals surface area contributed by atoms with E-state index in [1.54, 1.807) is 12.1 Å². The molecule has 6 heteroatoms. The Hall–Kier alpha value is -2.11. The predicted octanol–water partition coefficient (Wildman–Crippen LogP) is 2.24. The van der Waals surface area contributed by atoms with Crippen LogP contribution in [0.2, 0.25) is 0 Å². The molecule has 2 rings (SSSR count). The number of hydrogen-bond acceptors (Lipinski definition) is 2. The highest BCUT2D eigenvalue weighted by Gasteiger charge is 2.31. The summed E-state index contributed by atoms with van der Waals surface area (Å²) in [5.74, 6) is -0.741. The van der Waals surface area contributed by atoms with E-state index < -0.39 is 5.97 Å². The van der Waals surface area contributed by atoms with E-state index >= 15 is 0 Å². The standard InChI is InChI=1S/C15H19FN2O3/c16-12-5-3-10(4-6-12)11-8-13(9-11)18-15(21)17-7-1-2-14(19)20/h3-6,11,13H,1-2,7-9H2,(H,19,20)(H2,17,18,21). The van der Waals surface area contributed by atoms with Gasteiger partial charge in [0.15, 0.2) is 0 Å². The van der Waals surface area contributed by atoms with Gasteiger partial charge in [-0.05, 0) is 42.9 Å². The van der Waals surface area contributed by atoms with Crippen molar-refractivity contribution >= 4 is 12.0 Å². The highest BCUT2D eigenvalue weighted by atomic mass is 19.1. The zero-order chi connectivity index (χ0) is 15.2. The van der Waals surface area contributed by atoms with Gasteiger partial charge in [0.05, 0.1) is 0 Å². The number of carbonyl (C=O) groups is 2. The summed E-state index contributed by atoms with van der Waals surface area (Å²) in [7, 11) is 0. The summed E-state index contributed by atoms with van der Waals surface area (Å²) in [6.07, 6.45) is 2.16. The maximum Gasteiger partial charge on any atom is 0.315 e. The third-order valence-electron chi connectivity index (χ3n) is 3.67. The van der Waals surface area contributed by atoms with Crippen molar-refractivity contribution in [2.45, 2.75) is 37.6 Å². The molecule has 21 heavy (non-hydrogen) atoms. The Morgan fingerprint density at radius 3 is 2.52 bits per heavy atom. The zero-order valence-corrected chi connectivity index (χ0v) is 11.6. The lowest BCUT2D eigenvalue weighted by atomic mass is 9.76. The van der Waals surface area contributed by atoms with Gasteiger partial charge in [0, 0.05) is 19.0 Å². The molecule has 0 aromatic heterocycles. The Labute approximate surface area is 122 Å². The van der Waals surface area contributed by atoms with Gasteiger partial charge in [-0.25, -0.2) is 9.18 Å². The number of rotatable bonds is 6. The molecule has 0 spiro atoms. The Kier molecular flexibility index (Phi) is 5.14. The first-order valence-corrected chi connectivity index (χ1v) is 7.06. The second-order valence-corrected chi connectivity index (χ2v) is 5.31.